The number of amides is 1. The molecule has 6 nitrogen and oxygen atoms in total. The topological polar surface area (TPSA) is 79.4 Å². The highest BCUT2D eigenvalue weighted by Crippen LogP contribution is 2.46. The number of fused-ring (bicyclic) bond motifs is 1. The fourth-order valence-corrected chi connectivity index (χ4v) is 6.64. The van der Waals surface area contributed by atoms with Crippen molar-refractivity contribution in [3.8, 4) is 0 Å². The molecule has 204 valence electrons. The molecule has 0 bridgehead atoms. The number of anilines is 1. The summed E-state index contributed by atoms with van der Waals surface area (Å²) < 4.78 is 62.9. The van der Waals surface area contributed by atoms with Crippen LogP contribution in [0.3, 0.4) is 0 Å². The lowest BCUT2D eigenvalue weighted by Crippen LogP contribution is -2.29. The van der Waals surface area contributed by atoms with Crippen LogP contribution in [-0.2, 0) is 33.8 Å². The van der Waals surface area contributed by atoms with E-state index in [0.717, 1.165) is 28.3 Å². The summed E-state index contributed by atoms with van der Waals surface area (Å²) in [6, 6.07) is 11.4. The summed E-state index contributed by atoms with van der Waals surface area (Å²) in [6.45, 7) is 8.30. The van der Waals surface area contributed by atoms with Crippen molar-refractivity contribution in [2.45, 2.75) is 63.8 Å². The maximum atomic E-state index is 13.0. The lowest BCUT2D eigenvalue weighted by molar-refractivity contribution is -0.137. The first-order valence-corrected chi connectivity index (χ1v) is 14.8. The second-order valence-electron chi connectivity index (χ2n) is 9.76. The Morgan fingerprint density at radius 2 is 1.74 bits per heavy atom. The van der Waals surface area contributed by atoms with Crippen LogP contribution in [0.4, 0.5) is 18.3 Å². The highest BCUT2D eigenvalue weighted by Gasteiger charge is 2.39. The summed E-state index contributed by atoms with van der Waals surface area (Å²) in [6.07, 6.45) is -4.29. The number of halogens is 3. The first-order valence-electron chi connectivity index (χ1n) is 12.3. The van der Waals surface area contributed by atoms with Gasteiger partial charge in [0.2, 0.25) is 5.91 Å². The molecule has 4 rings (SSSR count). The van der Waals surface area contributed by atoms with Crippen molar-refractivity contribution in [1.82, 2.24) is 9.88 Å². The van der Waals surface area contributed by atoms with Gasteiger partial charge in [0.15, 0.2) is 15.0 Å². The van der Waals surface area contributed by atoms with E-state index in [0.29, 0.717) is 17.2 Å². The number of alkyl halides is 3. The first kappa shape index (κ1) is 28.3. The summed E-state index contributed by atoms with van der Waals surface area (Å²) >= 11 is 1.40. The number of carbonyl (C=O) groups excluding carboxylic acids is 1. The van der Waals surface area contributed by atoms with Gasteiger partial charge in [0, 0.05) is 17.5 Å². The molecule has 2 atom stereocenters. The number of aromatic nitrogens is 1. The molecule has 1 aromatic heterocycles. The quantitative estimate of drug-likeness (QED) is 0.342. The molecule has 0 aliphatic carbocycles. The van der Waals surface area contributed by atoms with Gasteiger partial charge in [0.25, 0.3) is 0 Å². The first-order chi connectivity index (χ1) is 17.8. The number of rotatable bonds is 8. The minimum absolute atomic E-state index is 0.0134. The minimum atomic E-state index is -4.37. The number of sulfone groups is 1. The smallest absolute Gasteiger partial charge is 0.302 e. The van der Waals surface area contributed by atoms with Gasteiger partial charge in [0.05, 0.1) is 34.4 Å². The van der Waals surface area contributed by atoms with Gasteiger partial charge in [-0.15, -0.1) is 11.3 Å². The third kappa shape index (κ3) is 5.94. The molecule has 2 heterocycles. The lowest BCUT2D eigenvalue weighted by Gasteiger charge is -2.33. The van der Waals surface area contributed by atoms with Crippen molar-refractivity contribution in [1.29, 1.82) is 0 Å². The Balaban J connectivity index is 1.44. The van der Waals surface area contributed by atoms with Crippen LogP contribution in [0.15, 0.2) is 53.4 Å². The number of hydrogen-bond donors (Lipinski definition) is 1. The molecule has 0 radical (unpaired) electrons. The van der Waals surface area contributed by atoms with Crippen LogP contribution in [0, 0.1) is 5.92 Å². The predicted octanol–water partition coefficient (Wildman–Crippen LogP) is 6.41. The lowest BCUT2D eigenvalue weighted by atomic mass is 9.98. The molecule has 0 spiro atoms. The zero-order chi connectivity index (χ0) is 27.8. The van der Waals surface area contributed by atoms with Crippen molar-refractivity contribution in [2.75, 3.05) is 11.1 Å². The SMILES string of the molecule is CCS(=O)(=O)c1ccc(CC(=O)Nc2nc3c(s2)CN([C@@H](C)c2ccc(C(F)(F)F)cc2)[C@H]3C(C)C)cc1. The Morgan fingerprint density at radius 1 is 1.11 bits per heavy atom. The normalized spacial score (nSPS) is 17.0. The number of nitrogens with zero attached hydrogens (tertiary/aromatic N) is 2. The molecule has 1 amide bonds. The van der Waals surface area contributed by atoms with Gasteiger partial charge >= 0.3 is 6.18 Å². The summed E-state index contributed by atoms with van der Waals surface area (Å²) in [5.41, 5.74) is 1.70. The van der Waals surface area contributed by atoms with Crippen LogP contribution in [0.5, 0.6) is 0 Å². The zero-order valence-electron chi connectivity index (χ0n) is 21.5. The van der Waals surface area contributed by atoms with Gasteiger partial charge < -0.3 is 5.32 Å². The Hall–Kier alpha value is -2.76. The second kappa shape index (κ2) is 10.8. The van der Waals surface area contributed by atoms with Crippen LogP contribution >= 0.6 is 11.3 Å². The maximum absolute atomic E-state index is 13.0. The second-order valence-corrected chi connectivity index (χ2v) is 13.1. The van der Waals surface area contributed by atoms with Crippen LogP contribution < -0.4 is 5.32 Å². The fraction of sp³-hybridized carbons (Fsp3) is 0.407. The predicted molar refractivity (Wildman–Crippen MR) is 142 cm³/mol. The van der Waals surface area contributed by atoms with Crippen molar-refractivity contribution in [3.63, 3.8) is 0 Å². The van der Waals surface area contributed by atoms with Crippen LogP contribution in [0.1, 0.15) is 67.0 Å². The molecule has 1 N–H and O–H groups in total. The van der Waals surface area contributed by atoms with E-state index in [1.54, 1.807) is 19.1 Å². The van der Waals surface area contributed by atoms with Gasteiger partial charge in [-0.05, 0) is 48.2 Å². The minimum Gasteiger partial charge on any atom is -0.302 e. The average Bonchev–Trinajstić information content (AvgIpc) is 3.40. The summed E-state index contributed by atoms with van der Waals surface area (Å²) in [7, 11) is -3.30. The van der Waals surface area contributed by atoms with E-state index in [1.807, 2.05) is 6.92 Å². The molecule has 0 fully saturated rings. The molecule has 11 heteroatoms. The van der Waals surface area contributed by atoms with E-state index in [4.69, 9.17) is 4.98 Å². The van der Waals surface area contributed by atoms with Crippen LogP contribution in [0.2, 0.25) is 0 Å². The molecule has 0 saturated heterocycles. The summed E-state index contributed by atoms with van der Waals surface area (Å²) in [5.74, 6) is -0.0456. The van der Waals surface area contributed by atoms with Crippen molar-refractivity contribution in [2.24, 2.45) is 5.92 Å². The van der Waals surface area contributed by atoms with Gasteiger partial charge in [-0.1, -0.05) is 45.0 Å². The summed E-state index contributed by atoms with van der Waals surface area (Å²) in [5, 5.41) is 3.35. The number of carbonyl (C=O) groups is 1. The number of thiazole rings is 1. The van der Waals surface area contributed by atoms with E-state index < -0.39 is 21.6 Å². The van der Waals surface area contributed by atoms with Crippen LogP contribution in [0.25, 0.3) is 0 Å². The number of benzene rings is 2. The largest absolute Gasteiger partial charge is 0.416 e. The molecule has 0 unspecified atom stereocenters. The zero-order valence-corrected chi connectivity index (χ0v) is 23.2. The van der Waals surface area contributed by atoms with E-state index in [1.165, 1.54) is 35.6 Å². The van der Waals surface area contributed by atoms with Gasteiger partial charge in [-0.25, -0.2) is 13.4 Å². The summed E-state index contributed by atoms with van der Waals surface area (Å²) in [4.78, 5) is 20.9. The van der Waals surface area contributed by atoms with Crippen molar-refractivity contribution in [3.05, 3.63) is 75.8 Å². The van der Waals surface area contributed by atoms with E-state index >= 15 is 0 Å². The maximum Gasteiger partial charge on any atom is 0.416 e. The Kier molecular flexibility index (Phi) is 8.02. The molecular formula is C27H30F3N3O3S2. The Bertz CT molecular complexity index is 1400. The Labute approximate surface area is 224 Å². The van der Waals surface area contributed by atoms with Gasteiger partial charge in [-0.2, -0.15) is 13.2 Å². The fourth-order valence-electron chi connectivity index (χ4n) is 4.73. The highest BCUT2D eigenvalue weighted by molar-refractivity contribution is 7.91. The van der Waals surface area contributed by atoms with Crippen molar-refractivity contribution < 1.29 is 26.4 Å². The van der Waals surface area contributed by atoms with Gasteiger partial charge in [0.1, 0.15) is 0 Å². The Morgan fingerprint density at radius 3 is 2.29 bits per heavy atom. The number of hydrogen-bond acceptors (Lipinski definition) is 6. The van der Waals surface area contributed by atoms with E-state index in [-0.39, 0.29) is 41.0 Å². The molecule has 2 aromatic carbocycles. The molecule has 1 aliphatic rings. The monoisotopic (exact) mass is 565 g/mol. The van der Waals surface area contributed by atoms with Gasteiger partial charge in [-0.3, -0.25) is 9.69 Å². The van der Waals surface area contributed by atoms with Crippen LogP contribution in [-0.4, -0.2) is 30.0 Å². The average molecular weight is 566 g/mol. The number of nitrogens with one attached hydrogen (secondary N) is 1. The third-order valence-corrected chi connectivity index (χ3v) is 9.54. The standard InChI is InChI=1S/C27H30F3N3O3S2/c1-5-38(35,36)21-12-6-18(7-13-21)14-23(34)31-26-32-24-22(37-26)15-33(25(24)16(2)3)17(4)19-8-10-20(11-9-19)27(28,29)30/h6-13,16-17,25H,5,14-15H2,1-4H3,(H,31,32,34)/t17-,25-/m0/s1. The highest BCUT2D eigenvalue weighted by atomic mass is 32.2. The third-order valence-electron chi connectivity index (χ3n) is 6.81. The van der Waals surface area contributed by atoms with Crippen molar-refractivity contribution >= 4 is 32.2 Å². The van der Waals surface area contributed by atoms with E-state index in [9.17, 15) is 26.4 Å². The molecule has 38 heavy (non-hydrogen) atoms. The molecular weight excluding hydrogens is 535 g/mol. The molecule has 0 saturated carbocycles. The molecule has 1 aliphatic heterocycles. The molecule has 3 aromatic rings. The van der Waals surface area contributed by atoms with E-state index in [2.05, 4.69) is 24.1 Å².